The maximum absolute atomic E-state index is 4.45. The highest BCUT2D eigenvalue weighted by Crippen LogP contribution is 2.46. The number of nitrogens with zero attached hydrogens (tertiary/aromatic N) is 3. The predicted octanol–water partition coefficient (Wildman–Crippen LogP) is 4.55. The van der Waals surface area contributed by atoms with Crippen molar-refractivity contribution in [2.45, 2.75) is 48.6 Å². The highest BCUT2D eigenvalue weighted by atomic mass is 79.9. The zero-order chi connectivity index (χ0) is 13.5. The molecule has 0 radical (unpaired) electrons. The summed E-state index contributed by atoms with van der Waals surface area (Å²) in [6.45, 7) is 0. The third-order valence-electron chi connectivity index (χ3n) is 3.86. The van der Waals surface area contributed by atoms with Crippen molar-refractivity contribution in [3.8, 4) is 0 Å². The van der Waals surface area contributed by atoms with Gasteiger partial charge in [-0.1, -0.05) is 45.9 Å². The zero-order valence-corrected chi connectivity index (χ0v) is 13.5. The number of hydrogen-bond acceptors (Lipinski definition) is 3. The van der Waals surface area contributed by atoms with Crippen LogP contribution in [0.15, 0.2) is 33.9 Å². The first-order valence-corrected chi connectivity index (χ1v) is 8.92. The molecule has 1 aromatic carbocycles. The van der Waals surface area contributed by atoms with Crippen LogP contribution in [0.2, 0.25) is 0 Å². The van der Waals surface area contributed by atoms with Crippen LogP contribution in [0.3, 0.4) is 0 Å². The first-order chi connectivity index (χ1) is 9.83. The molecule has 0 atom stereocenters. The fourth-order valence-corrected chi connectivity index (χ4v) is 4.07. The SMILES string of the molecule is Brc1ccccc1CSc1nnc(C2CC2)n1C1CC1. The predicted molar refractivity (Wildman–Crippen MR) is 84.0 cm³/mol. The third kappa shape index (κ3) is 2.53. The van der Waals surface area contributed by atoms with Crippen LogP contribution in [-0.2, 0) is 5.75 Å². The molecule has 2 saturated carbocycles. The molecule has 2 fully saturated rings. The molecule has 0 amide bonds. The molecule has 1 heterocycles. The lowest BCUT2D eigenvalue weighted by Gasteiger charge is -2.08. The second-order valence-corrected chi connectivity index (χ2v) is 7.39. The van der Waals surface area contributed by atoms with Gasteiger partial charge in [0, 0.05) is 22.2 Å². The molecule has 104 valence electrons. The molecule has 4 rings (SSSR count). The van der Waals surface area contributed by atoms with Crippen LogP contribution >= 0.6 is 27.7 Å². The largest absolute Gasteiger partial charge is 0.303 e. The van der Waals surface area contributed by atoms with E-state index in [2.05, 4.69) is 55.0 Å². The third-order valence-corrected chi connectivity index (χ3v) is 5.63. The standard InChI is InChI=1S/C15H16BrN3S/c16-13-4-2-1-3-11(13)9-20-15-18-17-14(10-5-6-10)19(15)12-7-8-12/h1-4,10,12H,5-9H2. The number of rotatable bonds is 5. The quantitative estimate of drug-likeness (QED) is 0.742. The van der Waals surface area contributed by atoms with Crippen LogP contribution in [0.4, 0.5) is 0 Å². The van der Waals surface area contributed by atoms with Crippen molar-refractivity contribution in [2.24, 2.45) is 0 Å². The molecule has 20 heavy (non-hydrogen) atoms. The number of aromatic nitrogens is 3. The molecule has 0 N–H and O–H groups in total. The van der Waals surface area contributed by atoms with Gasteiger partial charge in [0.05, 0.1) is 0 Å². The summed E-state index contributed by atoms with van der Waals surface area (Å²) < 4.78 is 3.59. The summed E-state index contributed by atoms with van der Waals surface area (Å²) in [6, 6.07) is 9.06. The van der Waals surface area contributed by atoms with Crippen LogP contribution in [0.1, 0.15) is 49.0 Å². The number of halogens is 1. The van der Waals surface area contributed by atoms with Gasteiger partial charge in [-0.25, -0.2) is 0 Å². The first kappa shape index (κ1) is 12.9. The lowest BCUT2D eigenvalue weighted by Crippen LogP contribution is -2.02. The highest BCUT2D eigenvalue weighted by molar-refractivity contribution is 9.10. The Morgan fingerprint density at radius 3 is 2.65 bits per heavy atom. The van der Waals surface area contributed by atoms with Gasteiger partial charge in [-0.3, -0.25) is 0 Å². The van der Waals surface area contributed by atoms with Gasteiger partial charge in [-0.2, -0.15) is 0 Å². The topological polar surface area (TPSA) is 30.7 Å². The van der Waals surface area contributed by atoms with E-state index < -0.39 is 0 Å². The van der Waals surface area contributed by atoms with Crippen LogP contribution in [0.25, 0.3) is 0 Å². The van der Waals surface area contributed by atoms with Crippen LogP contribution in [0.5, 0.6) is 0 Å². The van der Waals surface area contributed by atoms with Crippen molar-refractivity contribution < 1.29 is 0 Å². The van der Waals surface area contributed by atoms with Gasteiger partial charge in [-0.15, -0.1) is 10.2 Å². The van der Waals surface area contributed by atoms with Gasteiger partial charge in [-0.05, 0) is 37.3 Å². The number of hydrogen-bond donors (Lipinski definition) is 0. The Bertz CT molecular complexity index is 632. The first-order valence-electron chi connectivity index (χ1n) is 7.14. The Morgan fingerprint density at radius 1 is 1.15 bits per heavy atom. The summed E-state index contributed by atoms with van der Waals surface area (Å²) >= 11 is 5.42. The molecule has 1 aromatic heterocycles. The minimum atomic E-state index is 0.669. The minimum Gasteiger partial charge on any atom is -0.303 e. The lowest BCUT2D eigenvalue weighted by molar-refractivity contribution is 0.627. The molecule has 2 aliphatic rings. The average molecular weight is 350 g/mol. The van der Waals surface area contributed by atoms with Gasteiger partial charge in [0.25, 0.3) is 0 Å². The van der Waals surface area contributed by atoms with Crippen molar-refractivity contribution >= 4 is 27.7 Å². The van der Waals surface area contributed by atoms with Crippen LogP contribution < -0.4 is 0 Å². The molecule has 0 aliphatic heterocycles. The van der Waals surface area contributed by atoms with Crippen LogP contribution in [-0.4, -0.2) is 14.8 Å². The Morgan fingerprint density at radius 2 is 1.95 bits per heavy atom. The minimum absolute atomic E-state index is 0.669. The van der Waals surface area contributed by atoms with Gasteiger partial charge in [0.2, 0.25) is 0 Å². The average Bonchev–Trinajstić information content (AvgIpc) is 3.37. The van der Waals surface area contributed by atoms with Gasteiger partial charge in [0.15, 0.2) is 5.16 Å². The molecule has 2 aliphatic carbocycles. The van der Waals surface area contributed by atoms with E-state index >= 15 is 0 Å². The second-order valence-electron chi connectivity index (χ2n) is 5.60. The summed E-state index contributed by atoms with van der Waals surface area (Å²) in [5.41, 5.74) is 1.32. The fraction of sp³-hybridized carbons (Fsp3) is 0.467. The summed E-state index contributed by atoms with van der Waals surface area (Å²) in [6.07, 6.45) is 5.17. The maximum atomic E-state index is 4.45. The van der Waals surface area contributed by atoms with Gasteiger partial charge in [0.1, 0.15) is 5.82 Å². The van der Waals surface area contributed by atoms with Gasteiger partial charge >= 0.3 is 0 Å². The van der Waals surface area contributed by atoms with Gasteiger partial charge < -0.3 is 4.57 Å². The van der Waals surface area contributed by atoms with Crippen molar-refractivity contribution in [3.05, 3.63) is 40.1 Å². The van der Waals surface area contributed by atoms with Crippen molar-refractivity contribution in [3.63, 3.8) is 0 Å². The normalized spacial score (nSPS) is 18.4. The van der Waals surface area contributed by atoms with E-state index in [1.165, 1.54) is 41.5 Å². The Balaban J connectivity index is 1.55. The van der Waals surface area contributed by atoms with E-state index in [1.54, 1.807) is 0 Å². The Labute approximate surface area is 131 Å². The molecule has 0 bridgehead atoms. The maximum Gasteiger partial charge on any atom is 0.191 e. The van der Waals surface area contributed by atoms with E-state index in [0.29, 0.717) is 12.0 Å². The molecule has 0 unspecified atom stereocenters. The molecular weight excluding hydrogens is 334 g/mol. The molecule has 3 nitrogen and oxygen atoms in total. The lowest BCUT2D eigenvalue weighted by atomic mass is 10.2. The summed E-state index contributed by atoms with van der Waals surface area (Å²) in [7, 11) is 0. The molecule has 2 aromatic rings. The van der Waals surface area contributed by atoms with Crippen molar-refractivity contribution in [1.29, 1.82) is 0 Å². The zero-order valence-electron chi connectivity index (χ0n) is 11.1. The fourth-order valence-electron chi connectivity index (χ4n) is 2.44. The van der Waals surface area contributed by atoms with Crippen molar-refractivity contribution in [1.82, 2.24) is 14.8 Å². The Kier molecular flexibility index (Phi) is 3.34. The Hall–Kier alpha value is -0.810. The number of benzene rings is 1. The van der Waals surface area contributed by atoms with E-state index in [1.807, 2.05) is 11.8 Å². The van der Waals surface area contributed by atoms with Crippen molar-refractivity contribution in [2.75, 3.05) is 0 Å². The highest BCUT2D eigenvalue weighted by Gasteiger charge is 2.36. The van der Waals surface area contributed by atoms with E-state index in [0.717, 1.165) is 10.9 Å². The van der Waals surface area contributed by atoms with E-state index in [4.69, 9.17) is 0 Å². The molecule has 5 heteroatoms. The molecule has 0 saturated heterocycles. The summed E-state index contributed by atoms with van der Waals surface area (Å²) in [5.74, 6) is 2.86. The molecule has 0 spiro atoms. The van der Waals surface area contributed by atoms with E-state index in [-0.39, 0.29) is 0 Å². The molecular formula is C15H16BrN3S. The summed E-state index contributed by atoms with van der Waals surface area (Å²) in [4.78, 5) is 0. The summed E-state index contributed by atoms with van der Waals surface area (Å²) in [5, 5.41) is 10.0. The monoisotopic (exact) mass is 349 g/mol. The number of thioether (sulfide) groups is 1. The smallest absolute Gasteiger partial charge is 0.191 e. The van der Waals surface area contributed by atoms with Crippen LogP contribution in [0, 0.1) is 0 Å². The second kappa shape index (κ2) is 5.19. The van der Waals surface area contributed by atoms with E-state index in [9.17, 15) is 0 Å².